The predicted molar refractivity (Wildman–Crippen MR) is 119 cm³/mol. The molecule has 1 amide bonds. The largest absolute Gasteiger partial charge is 0.496 e. The predicted octanol–water partition coefficient (Wildman–Crippen LogP) is 6.00. The van der Waals surface area contributed by atoms with Gasteiger partial charge in [-0.25, -0.2) is 0 Å². The van der Waals surface area contributed by atoms with E-state index in [4.69, 9.17) is 9.15 Å². The minimum atomic E-state index is 0.0123. The fraction of sp³-hybridized carbons (Fsp3) is 0.320. The summed E-state index contributed by atoms with van der Waals surface area (Å²) in [6.45, 7) is 11.4. The Labute approximate surface area is 172 Å². The summed E-state index contributed by atoms with van der Waals surface area (Å²) in [7, 11) is 1.65. The summed E-state index contributed by atoms with van der Waals surface area (Å²) in [5.41, 5.74) is 6.88. The van der Waals surface area contributed by atoms with Crippen LogP contribution in [0.2, 0.25) is 0 Å². The van der Waals surface area contributed by atoms with Gasteiger partial charge in [-0.1, -0.05) is 29.8 Å². The van der Waals surface area contributed by atoms with Crippen molar-refractivity contribution in [3.8, 4) is 16.9 Å². The molecule has 0 aliphatic heterocycles. The first kappa shape index (κ1) is 20.7. The summed E-state index contributed by atoms with van der Waals surface area (Å²) >= 11 is 0. The molecule has 0 aliphatic rings. The van der Waals surface area contributed by atoms with Crippen LogP contribution in [0, 0.1) is 13.8 Å². The molecule has 3 aromatic rings. The summed E-state index contributed by atoms with van der Waals surface area (Å²) in [5, 5.41) is 1.02. The van der Waals surface area contributed by atoms with E-state index in [1.54, 1.807) is 24.3 Å². The van der Waals surface area contributed by atoms with Gasteiger partial charge < -0.3 is 14.1 Å². The van der Waals surface area contributed by atoms with Crippen LogP contribution in [0.3, 0.4) is 0 Å². The Morgan fingerprint density at radius 2 is 1.79 bits per heavy atom. The van der Waals surface area contributed by atoms with Gasteiger partial charge in [0, 0.05) is 41.2 Å². The van der Waals surface area contributed by atoms with E-state index in [0.29, 0.717) is 13.1 Å². The van der Waals surface area contributed by atoms with Crippen LogP contribution in [-0.2, 0) is 4.79 Å². The normalized spacial score (nSPS) is 11.7. The Kier molecular flexibility index (Phi) is 6.12. The molecule has 4 heteroatoms. The molecule has 2 aromatic carbocycles. The first-order valence-electron chi connectivity index (χ1n) is 10.0. The zero-order valence-electron chi connectivity index (χ0n) is 18.1. The number of benzene rings is 2. The van der Waals surface area contributed by atoms with Crippen LogP contribution < -0.4 is 4.74 Å². The standard InChI is InChI=1S/C25H29NO3/c1-7-26(8-2)23(27)13-17(4)20-14-21-22(19-11-9-16(3)10-12-19)15-29-25(21)18(5)24(20)28-6/h9-15H,7-8H2,1-6H3/b17-13+. The topological polar surface area (TPSA) is 42.7 Å². The van der Waals surface area contributed by atoms with E-state index in [-0.39, 0.29) is 5.91 Å². The Bertz CT molecular complexity index is 1050. The summed E-state index contributed by atoms with van der Waals surface area (Å²) in [5.74, 6) is 0.752. The number of rotatable bonds is 6. The van der Waals surface area contributed by atoms with Gasteiger partial charge in [-0.15, -0.1) is 0 Å². The van der Waals surface area contributed by atoms with Crippen LogP contribution in [0.4, 0.5) is 0 Å². The van der Waals surface area contributed by atoms with Gasteiger partial charge in [0.1, 0.15) is 11.3 Å². The van der Waals surface area contributed by atoms with E-state index in [2.05, 4.69) is 37.3 Å². The molecular weight excluding hydrogens is 362 g/mol. The maximum atomic E-state index is 12.6. The first-order chi connectivity index (χ1) is 13.9. The molecule has 0 saturated carbocycles. The van der Waals surface area contributed by atoms with Crippen LogP contribution >= 0.6 is 0 Å². The van der Waals surface area contributed by atoms with Crippen molar-refractivity contribution in [3.05, 3.63) is 59.4 Å². The number of furan rings is 1. The lowest BCUT2D eigenvalue weighted by Crippen LogP contribution is -2.28. The summed E-state index contributed by atoms with van der Waals surface area (Å²) in [6.07, 6.45) is 3.49. The molecule has 29 heavy (non-hydrogen) atoms. The maximum Gasteiger partial charge on any atom is 0.246 e. The van der Waals surface area contributed by atoms with Crippen LogP contribution in [0.25, 0.3) is 27.7 Å². The molecule has 1 heterocycles. The number of fused-ring (bicyclic) bond motifs is 1. The van der Waals surface area contributed by atoms with Crippen molar-refractivity contribution in [1.29, 1.82) is 0 Å². The van der Waals surface area contributed by atoms with Crippen molar-refractivity contribution in [2.24, 2.45) is 0 Å². The lowest BCUT2D eigenvalue weighted by Gasteiger charge is -2.18. The minimum Gasteiger partial charge on any atom is -0.496 e. The van der Waals surface area contributed by atoms with Crippen molar-refractivity contribution < 1.29 is 13.9 Å². The molecule has 0 N–H and O–H groups in total. The van der Waals surface area contributed by atoms with Crippen molar-refractivity contribution in [2.45, 2.75) is 34.6 Å². The lowest BCUT2D eigenvalue weighted by atomic mass is 9.96. The summed E-state index contributed by atoms with van der Waals surface area (Å²) in [6, 6.07) is 10.5. The Morgan fingerprint density at radius 1 is 1.14 bits per heavy atom. The fourth-order valence-electron chi connectivity index (χ4n) is 3.72. The number of methoxy groups -OCH3 is 1. The smallest absolute Gasteiger partial charge is 0.246 e. The molecule has 152 valence electrons. The van der Waals surface area contributed by atoms with Crippen molar-refractivity contribution in [1.82, 2.24) is 4.90 Å². The molecular formula is C25H29NO3. The van der Waals surface area contributed by atoms with E-state index in [0.717, 1.165) is 44.5 Å². The highest BCUT2D eigenvalue weighted by Crippen LogP contribution is 2.40. The van der Waals surface area contributed by atoms with Crippen LogP contribution in [0.5, 0.6) is 5.75 Å². The molecule has 0 radical (unpaired) electrons. The Morgan fingerprint density at radius 3 is 2.38 bits per heavy atom. The fourth-order valence-corrected chi connectivity index (χ4v) is 3.72. The molecule has 0 spiro atoms. The molecule has 0 saturated heterocycles. The molecule has 4 nitrogen and oxygen atoms in total. The summed E-state index contributed by atoms with van der Waals surface area (Å²) in [4.78, 5) is 14.4. The average Bonchev–Trinajstić information content (AvgIpc) is 3.13. The quantitative estimate of drug-likeness (QED) is 0.484. The zero-order valence-corrected chi connectivity index (χ0v) is 18.1. The number of amides is 1. The molecule has 0 aliphatic carbocycles. The highest BCUT2D eigenvalue weighted by molar-refractivity contribution is 6.01. The average molecular weight is 392 g/mol. The second-order valence-corrected chi connectivity index (χ2v) is 7.31. The van der Waals surface area contributed by atoms with Crippen molar-refractivity contribution >= 4 is 22.4 Å². The number of allylic oxidation sites excluding steroid dienone is 1. The zero-order chi connectivity index (χ0) is 21.1. The number of nitrogens with zero attached hydrogens (tertiary/aromatic N) is 1. The molecule has 0 bridgehead atoms. The third-order valence-corrected chi connectivity index (χ3v) is 5.45. The Hall–Kier alpha value is -3.01. The monoisotopic (exact) mass is 391 g/mol. The first-order valence-corrected chi connectivity index (χ1v) is 10.0. The van der Waals surface area contributed by atoms with E-state index < -0.39 is 0 Å². The Balaban J connectivity index is 2.17. The maximum absolute atomic E-state index is 12.6. The van der Waals surface area contributed by atoms with Crippen molar-refractivity contribution in [3.63, 3.8) is 0 Å². The minimum absolute atomic E-state index is 0.0123. The van der Waals surface area contributed by atoms with E-state index in [1.807, 2.05) is 27.7 Å². The number of carbonyl (C=O) groups excluding carboxylic acids is 1. The second kappa shape index (κ2) is 8.56. The van der Waals surface area contributed by atoms with Gasteiger partial charge in [0.2, 0.25) is 5.91 Å². The van der Waals surface area contributed by atoms with E-state index in [1.165, 1.54) is 5.56 Å². The number of likely N-dealkylation sites (N-methyl/N-ethyl adjacent to an activating group) is 1. The molecule has 3 rings (SSSR count). The number of ether oxygens (including phenoxy) is 1. The molecule has 0 unspecified atom stereocenters. The van der Waals surface area contributed by atoms with Crippen LogP contribution in [0.15, 0.2) is 47.1 Å². The molecule has 0 atom stereocenters. The molecule has 1 aromatic heterocycles. The molecule has 0 fully saturated rings. The highest BCUT2D eigenvalue weighted by atomic mass is 16.5. The van der Waals surface area contributed by atoms with Gasteiger partial charge in [0.25, 0.3) is 0 Å². The van der Waals surface area contributed by atoms with Gasteiger partial charge in [-0.3, -0.25) is 4.79 Å². The van der Waals surface area contributed by atoms with E-state index >= 15 is 0 Å². The van der Waals surface area contributed by atoms with Gasteiger partial charge >= 0.3 is 0 Å². The number of aryl methyl sites for hydroxylation is 2. The van der Waals surface area contributed by atoms with E-state index in [9.17, 15) is 4.79 Å². The van der Waals surface area contributed by atoms with Gasteiger partial charge in [-0.05, 0) is 51.8 Å². The number of carbonyl (C=O) groups is 1. The third kappa shape index (κ3) is 3.93. The van der Waals surface area contributed by atoms with Gasteiger partial charge in [-0.2, -0.15) is 0 Å². The van der Waals surface area contributed by atoms with Gasteiger partial charge in [0.05, 0.1) is 13.4 Å². The SMILES string of the molecule is CCN(CC)C(=O)/C=C(\C)c1cc2c(-c3ccc(C)cc3)coc2c(C)c1OC. The van der Waals surface area contributed by atoms with Crippen molar-refractivity contribution in [2.75, 3.05) is 20.2 Å². The second-order valence-electron chi connectivity index (χ2n) is 7.31. The van der Waals surface area contributed by atoms with Gasteiger partial charge in [0.15, 0.2) is 0 Å². The van der Waals surface area contributed by atoms with Crippen LogP contribution in [0.1, 0.15) is 37.5 Å². The lowest BCUT2D eigenvalue weighted by molar-refractivity contribution is -0.125. The number of hydrogen-bond acceptors (Lipinski definition) is 3. The summed E-state index contributed by atoms with van der Waals surface area (Å²) < 4.78 is 11.6. The highest BCUT2D eigenvalue weighted by Gasteiger charge is 2.19. The number of hydrogen-bond donors (Lipinski definition) is 0. The van der Waals surface area contributed by atoms with Crippen LogP contribution in [-0.4, -0.2) is 31.0 Å². The third-order valence-electron chi connectivity index (χ3n) is 5.45.